The minimum atomic E-state index is -1.78. The summed E-state index contributed by atoms with van der Waals surface area (Å²) in [4.78, 5) is 12.1. The van der Waals surface area contributed by atoms with E-state index in [1.54, 1.807) is 6.92 Å². The summed E-state index contributed by atoms with van der Waals surface area (Å²) in [5.74, 6) is -0.576. The van der Waals surface area contributed by atoms with Gasteiger partial charge in [0, 0.05) is 20.5 Å². The molecule has 0 saturated carbocycles. The van der Waals surface area contributed by atoms with Gasteiger partial charge in [0.15, 0.2) is 12.6 Å². The van der Waals surface area contributed by atoms with E-state index in [0.29, 0.717) is 0 Å². The van der Waals surface area contributed by atoms with Gasteiger partial charge in [0.05, 0.1) is 37.6 Å². The number of hydrogen-bond donors (Lipinski definition) is 11. The van der Waals surface area contributed by atoms with Crippen LogP contribution in [0.5, 0.6) is 0 Å². The smallest absolute Gasteiger partial charge is 0.217 e. The molecule has 1 amide bonds. The molecule has 0 aromatic heterocycles. The Kier molecular flexibility index (Phi) is 13.9. The van der Waals surface area contributed by atoms with Crippen molar-refractivity contribution in [2.45, 2.75) is 156 Å². The van der Waals surface area contributed by atoms with Crippen LogP contribution in [0.25, 0.3) is 0 Å². The standard InChI is InChI=1S/C29H51NO18/c1-5-11-18(35)21(38)24(41)29(45-11)48-27-13(44-14(7-31)19(36)23(27)40)6-12-26(22(39)17(34)9(2)43-12)47-28-16(30-10(3)33)20(37)25(42-4)15(8-32)46-28/h9,11-29,31-32,34-41H,5-8H2,1-4H3,(H,30,33)/t9-,11?,12?,13-,14?,15?,16?,17?,18-,19-,20?,21?,22?,23?,24?,25-,26-,27?,28-,29-/m0/s1. The third kappa shape index (κ3) is 8.13. The Morgan fingerprint density at radius 1 is 0.625 bits per heavy atom. The van der Waals surface area contributed by atoms with Crippen LogP contribution in [0.4, 0.5) is 0 Å². The highest BCUT2D eigenvalue weighted by molar-refractivity contribution is 5.73. The molecule has 19 nitrogen and oxygen atoms in total. The van der Waals surface area contributed by atoms with E-state index >= 15 is 0 Å². The minimum absolute atomic E-state index is 0.222. The Morgan fingerprint density at radius 3 is 1.73 bits per heavy atom. The van der Waals surface area contributed by atoms with E-state index in [2.05, 4.69) is 5.32 Å². The number of ether oxygens (including phenoxy) is 7. The summed E-state index contributed by atoms with van der Waals surface area (Å²) in [5.41, 5.74) is 0. The Hall–Kier alpha value is -1.21. The zero-order chi connectivity index (χ0) is 35.6. The lowest BCUT2D eigenvalue weighted by atomic mass is 9.87. The van der Waals surface area contributed by atoms with Crippen LogP contribution in [0.2, 0.25) is 0 Å². The van der Waals surface area contributed by atoms with Crippen LogP contribution >= 0.6 is 0 Å². The number of hydrogen-bond acceptors (Lipinski definition) is 18. The van der Waals surface area contributed by atoms with E-state index in [0.717, 1.165) is 0 Å². The molecule has 0 aliphatic carbocycles. The van der Waals surface area contributed by atoms with Crippen molar-refractivity contribution in [1.82, 2.24) is 5.32 Å². The van der Waals surface area contributed by atoms with Gasteiger partial charge in [0.1, 0.15) is 85.4 Å². The van der Waals surface area contributed by atoms with Gasteiger partial charge in [-0.2, -0.15) is 0 Å². The van der Waals surface area contributed by atoms with Crippen molar-refractivity contribution in [3.05, 3.63) is 0 Å². The van der Waals surface area contributed by atoms with Gasteiger partial charge < -0.3 is 89.5 Å². The molecule has 0 aromatic carbocycles. The molecule has 0 spiro atoms. The molecule has 4 aliphatic rings. The van der Waals surface area contributed by atoms with Crippen molar-refractivity contribution in [3.63, 3.8) is 0 Å². The Morgan fingerprint density at radius 2 is 1.17 bits per heavy atom. The van der Waals surface area contributed by atoms with Crippen LogP contribution in [-0.4, -0.2) is 200 Å². The second-order valence-electron chi connectivity index (χ2n) is 12.7. The van der Waals surface area contributed by atoms with Gasteiger partial charge in [-0.15, -0.1) is 0 Å². The first kappa shape index (κ1) is 39.6. The quantitative estimate of drug-likeness (QED) is 0.0955. The molecule has 4 saturated heterocycles. The summed E-state index contributed by atoms with van der Waals surface area (Å²) < 4.78 is 40.7. The number of methoxy groups -OCH3 is 1. The second kappa shape index (κ2) is 16.9. The lowest BCUT2D eigenvalue weighted by molar-refractivity contribution is -0.346. The lowest BCUT2D eigenvalue weighted by Gasteiger charge is -2.50. The first-order valence-electron chi connectivity index (χ1n) is 16.1. The first-order valence-corrected chi connectivity index (χ1v) is 16.1. The van der Waals surface area contributed by atoms with E-state index < -0.39 is 142 Å². The van der Waals surface area contributed by atoms with Crippen LogP contribution in [-0.2, 0) is 38.0 Å². The van der Waals surface area contributed by atoms with Gasteiger partial charge in [-0.3, -0.25) is 4.79 Å². The van der Waals surface area contributed by atoms with Crippen molar-refractivity contribution in [2.24, 2.45) is 0 Å². The molecule has 280 valence electrons. The molecule has 0 aromatic rings. The maximum absolute atomic E-state index is 12.1. The van der Waals surface area contributed by atoms with E-state index in [1.165, 1.54) is 21.0 Å². The summed E-state index contributed by atoms with van der Waals surface area (Å²) in [5, 5.41) is 108. The molecular formula is C29H51NO18. The summed E-state index contributed by atoms with van der Waals surface area (Å²) in [7, 11) is 1.27. The SMILES string of the molecule is CCC1O[C@@H](OC2C(O)[C@@H](O)C(CO)O[C@H]2CC2O[C@@H](C)C(O)C(O)[C@H]2O[C@@H]2OC(CO)[C@H](OC)C(O)C2NC(C)=O)C(O)C(O)[C@H]1O. The molecule has 11 N–H and O–H groups in total. The number of amides is 1. The van der Waals surface area contributed by atoms with Crippen LogP contribution in [0.3, 0.4) is 0 Å². The molecule has 4 rings (SSSR count). The highest BCUT2D eigenvalue weighted by Crippen LogP contribution is 2.36. The zero-order valence-corrected chi connectivity index (χ0v) is 27.1. The summed E-state index contributed by atoms with van der Waals surface area (Å²) in [6, 6.07) is -1.28. The summed E-state index contributed by atoms with van der Waals surface area (Å²) in [6.07, 6.45) is -27.2. The number of carbonyl (C=O) groups excluding carboxylic acids is 1. The van der Waals surface area contributed by atoms with Crippen molar-refractivity contribution in [1.29, 1.82) is 0 Å². The van der Waals surface area contributed by atoms with Gasteiger partial charge in [0.25, 0.3) is 0 Å². The van der Waals surface area contributed by atoms with Crippen molar-refractivity contribution >= 4 is 5.91 Å². The number of aliphatic hydroxyl groups is 10. The maximum Gasteiger partial charge on any atom is 0.217 e. The van der Waals surface area contributed by atoms with Crippen LogP contribution in [0, 0.1) is 0 Å². The fourth-order valence-corrected chi connectivity index (χ4v) is 6.78. The molecule has 4 fully saturated rings. The largest absolute Gasteiger partial charge is 0.394 e. The molecule has 0 radical (unpaired) electrons. The first-order chi connectivity index (χ1) is 22.7. The fraction of sp³-hybridized carbons (Fsp3) is 0.966. The summed E-state index contributed by atoms with van der Waals surface area (Å²) >= 11 is 0. The minimum Gasteiger partial charge on any atom is -0.394 e. The average molecular weight is 702 g/mol. The lowest BCUT2D eigenvalue weighted by Crippen LogP contribution is -2.68. The van der Waals surface area contributed by atoms with Gasteiger partial charge in [-0.05, 0) is 13.3 Å². The van der Waals surface area contributed by atoms with E-state index in [1.807, 2.05) is 0 Å². The van der Waals surface area contributed by atoms with E-state index in [9.17, 15) is 55.9 Å². The molecule has 0 bridgehead atoms. The van der Waals surface area contributed by atoms with E-state index in [4.69, 9.17) is 33.2 Å². The van der Waals surface area contributed by atoms with Gasteiger partial charge in [-0.1, -0.05) is 6.92 Å². The van der Waals surface area contributed by atoms with Gasteiger partial charge >= 0.3 is 0 Å². The molecule has 48 heavy (non-hydrogen) atoms. The van der Waals surface area contributed by atoms with Gasteiger partial charge in [-0.25, -0.2) is 0 Å². The van der Waals surface area contributed by atoms with Crippen molar-refractivity contribution < 1.29 is 89.0 Å². The van der Waals surface area contributed by atoms with Gasteiger partial charge in [0.2, 0.25) is 5.91 Å². The van der Waals surface area contributed by atoms with E-state index in [-0.39, 0.29) is 12.8 Å². The Bertz CT molecular complexity index is 1030. The van der Waals surface area contributed by atoms with Crippen molar-refractivity contribution in [3.8, 4) is 0 Å². The third-order valence-electron chi connectivity index (χ3n) is 9.50. The molecule has 4 aliphatic heterocycles. The molecule has 20 atom stereocenters. The van der Waals surface area contributed by atoms with Crippen LogP contribution in [0.1, 0.15) is 33.6 Å². The molecule has 12 unspecified atom stereocenters. The number of carbonyl (C=O) groups is 1. The topological polar surface area (TPSA) is 296 Å². The maximum atomic E-state index is 12.1. The molecular weight excluding hydrogens is 650 g/mol. The average Bonchev–Trinajstić information content (AvgIpc) is 3.06. The van der Waals surface area contributed by atoms with Crippen LogP contribution < -0.4 is 5.32 Å². The molecule has 19 heteroatoms. The number of aliphatic hydroxyl groups excluding tert-OH is 10. The number of rotatable bonds is 11. The number of nitrogens with one attached hydrogen (secondary N) is 1. The predicted molar refractivity (Wildman–Crippen MR) is 156 cm³/mol. The molecule has 4 heterocycles. The summed E-state index contributed by atoms with van der Waals surface area (Å²) in [6.45, 7) is 2.97. The Balaban J connectivity index is 1.63. The highest BCUT2D eigenvalue weighted by Gasteiger charge is 2.54. The van der Waals surface area contributed by atoms with Crippen LogP contribution in [0.15, 0.2) is 0 Å². The van der Waals surface area contributed by atoms with Crippen molar-refractivity contribution in [2.75, 3.05) is 20.3 Å². The monoisotopic (exact) mass is 701 g/mol. The fourth-order valence-electron chi connectivity index (χ4n) is 6.78. The second-order valence-corrected chi connectivity index (χ2v) is 12.7. The predicted octanol–water partition coefficient (Wildman–Crippen LogP) is -6.05. The third-order valence-corrected chi connectivity index (χ3v) is 9.50. The highest BCUT2D eigenvalue weighted by atomic mass is 16.7. The Labute approximate surface area is 276 Å². The zero-order valence-electron chi connectivity index (χ0n) is 27.1. The normalized spacial score (nSPS) is 50.2.